The van der Waals surface area contributed by atoms with Crippen LogP contribution in [0.3, 0.4) is 0 Å². The monoisotopic (exact) mass is 152 g/mol. The van der Waals surface area contributed by atoms with Gasteiger partial charge >= 0.3 is 0 Å². The van der Waals surface area contributed by atoms with Crippen LogP contribution in [0.5, 0.6) is 0 Å². The van der Waals surface area contributed by atoms with Crippen LogP contribution < -0.4 is 0 Å². The normalized spacial score (nSPS) is 10.9. The Bertz CT molecular complexity index is 185. The third-order valence-electron chi connectivity index (χ3n) is 1.37. The van der Waals surface area contributed by atoms with Crippen molar-refractivity contribution in [3.8, 4) is 0 Å². The van der Waals surface area contributed by atoms with Gasteiger partial charge in [0.05, 0.1) is 0 Å². The van der Waals surface area contributed by atoms with Crippen LogP contribution in [0.4, 0.5) is 0 Å². The Labute approximate surface area is 66.2 Å². The van der Waals surface area contributed by atoms with E-state index in [-0.39, 0.29) is 0 Å². The van der Waals surface area contributed by atoms with Crippen LogP contribution >= 0.6 is 11.3 Å². The highest BCUT2D eigenvalue weighted by Crippen LogP contribution is 2.10. The van der Waals surface area contributed by atoms with Gasteiger partial charge < -0.3 is 0 Å². The molecule has 0 atom stereocenters. The van der Waals surface area contributed by atoms with Crippen molar-refractivity contribution < 1.29 is 0 Å². The standard InChI is InChI=1S/C9H12S/c1-2-3-4-6-9-7-5-8-10-9/h2-3,5,7-8H,4,6H2,1H3. The van der Waals surface area contributed by atoms with Crippen molar-refractivity contribution in [2.75, 3.05) is 0 Å². The van der Waals surface area contributed by atoms with Crippen LogP contribution in [0.25, 0.3) is 0 Å². The smallest absolute Gasteiger partial charge is 0.00482 e. The van der Waals surface area contributed by atoms with Gasteiger partial charge in [-0.1, -0.05) is 18.2 Å². The minimum absolute atomic E-state index is 1.18. The Kier molecular flexibility index (Phi) is 3.23. The summed E-state index contributed by atoms with van der Waals surface area (Å²) in [4.78, 5) is 1.48. The van der Waals surface area contributed by atoms with Crippen molar-refractivity contribution in [3.05, 3.63) is 34.5 Å². The third-order valence-corrected chi connectivity index (χ3v) is 2.31. The molecule has 0 radical (unpaired) electrons. The molecule has 1 rings (SSSR count). The maximum absolute atomic E-state index is 2.21. The average Bonchev–Trinajstić information content (AvgIpc) is 2.41. The minimum atomic E-state index is 1.18. The van der Waals surface area contributed by atoms with E-state index >= 15 is 0 Å². The third kappa shape index (κ3) is 2.36. The average molecular weight is 152 g/mol. The zero-order valence-electron chi connectivity index (χ0n) is 6.21. The lowest BCUT2D eigenvalue weighted by molar-refractivity contribution is 1.02. The molecule has 0 spiro atoms. The second-order valence-corrected chi connectivity index (χ2v) is 3.22. The largest absolute Gasteiger partial charge is 0.149 e. The number of hydrogen-bond acceptors (Lipinski definition) is 1. The molecule has 0 aliphatic heterocycles. The summed E-state index contributed by atoms with van der Waals surface area (Å²) < 4.78 is 0. The van der Waals surface area contributed by atoms with Crippen molar-refractivity contribution in [3.63, 3.8) is 0 Å². The summed E-state index contributed by atoms with van der Waals surface area (Å²) in [6.07, 6.45) is 6.69. The van der Waals surface area contributed by atoms with E-state index in [0.717, 1.165) is 0 Å². The first-order chi connectivity index (χ1) is 4.93. The first-order valence-corrected chi connectivity index (χ1v) is 4.45. The highest BCUT2D eigenvalue weighted by atomic mass is 32.1. The maximum Gasteiger partial charge on any atom is 0.00482 e. The van der Waals surface area contributed by atoms with E-state index in [1.54, 1.807) is 0 Å². The maximum atomic E-state index is 2.21. The van der Waals surface area contributed by atoms with Crippen molar-refractivity contribution >= 4 is 11.3 Å². The van der Waals surface area contributed by atoms with E-state index in [1.165, 1.54) is 17.7 Å². The summed E-state index contributed by atoms with van der Waals surface area (Å²) in [6, 6.07) is 4.30. The first-order valence-electron chi connectivity index (χ1n) is 3.57. The Morgan fingerprint density at radius 1 is 1.60 bits per heavy atom. The molecule has 0 aromatic carbocycles. The van der Waals surface area contributed by atoms with Gasteiger partial charge in [-0.2, -0.15) is 0 Å². The second kappa shape index (κ2) is 4.29. The number of hydrogen-bond donors (Lipinski definition) is 0. The van der Waals surface area contributed by atoms with E-state index in [9.17, 15) is 0 Å². The fraction of sp³-hybridized carbons (Fsp3) is 0.333. The van der Waals surface area contributed by atoms with Gasteiger partial charge in [0.25, 0.3) is 0 Å². The van der Waals surface area contributed by atoms with Crippen LogP contribution in [0, 0.1) is 0 Å². The van der Waals surface area contributed by atoms with E-state index < -0.39 is 0 Å². The summed E-state index contributed by atoms with van der Waals surface area (Å²) >= 11 is 1.84. The summed E-state index contributed by atoms with van der Waals surface area (Å²) in [6.45, 7) is 2.06. The van der Waals surface area contributed by atoms with Gasteiger partial charge in [-0.15, -0.1) is 11.3 Å². The first kappa shape index (κ1) is 7.55. The highest BCUT2D eigenvalue weighted by Gasteiger charge is 1.88. The van der Waals surface area contributed by atoms with Crippen molar-refractivity contribution in [1.29, 1.82) is 0 Å². The molecular weight excluding hydrogens is 140 g/mol. The van der Waals surface area contributed by atoms with Gasteiger partial charge in [-0.25, -0.2) is 0 Å². The summed E-state index contributed by atoms with van der Waals surface area (Å²) in [7, 11) is 0. The second-order valence-electron chi connectivity index (χ2n) is 2.19. The number of thiophene rings is 1. The molecule has 0 N–H and O–H groups in total. The van der Waals surface area contributed by atoms with Gasteiger partial charge in [0.1, 0.15) is 0 Å². The Hall–Kier alpha value is -0.560. The fourth-order valence-corrected chi connectivity index (χ4v) is 1.57. The SMILES string of the molecule is CC=CCCc1cccs1. The van der Waals surface area contributed by atoms with Gasteiger partial charge in [0, 0.05) is 4.88 Å². The van der Waals surface area contributed by atoms with E-state index in [2.05, 4.69) is 36.6 Å². The van der Waals surface area contributed by atoms with Crippen LogP contribution in [-0.4, -0.2) is 0 Å². The quantitative estimate of drug-likeness (QED) is 0.583. The molecule has 0 aliphatic carbocycles. The molecule has 1 aromatic rings. The predicted octanol–water partition coefficient (Wildman–Crippen LogP) is 3.26. The Balaban J connectivity index is 2.28. The molecule has 0 saturated carbocycles. The molecule has 1 heterocycles. The molecule has 0 fully saturated rings. The predicted molar refractivity (Wildman–Crippen MR) is 47.5 cm³/mol. The molecule has 1 aromatic heterocycles. The zero-order valence-corrected chi connectivity index (χ0v) is 7.03. The minimum Gasteiger partial charge on any atom is -0.149 e. The summed E-state index contributed by atoms with van der Waals surface area (Å²) in [5.74, 6) is 0. The van der Waals surface area contributed by atoms with Gasteiger partial charge in [-0.3, -0.25) is 0 Å². The summed E-state index contributed by atoms with van der Waals surface area (Å²) in [5, 5.41) is 2.13. The molecule has 0 unspecified atom stereocenters. The summed E-state index contributed by atoms with van der Waals surface area (Å²) in [5.41, 5.74) is 0. The number of aryl methyl sites for hydroxylation is 1. The Morgan fingerprint density at radius 2 is 2.50 bits per heavy atom. The molecule has 0 aliphatic rings. The van der Waals surface area contributed by atoms with Crippen molar-refractivity contribution in [1.82, 2.24) is 0 Å². The molecule has 0 saturated heterocycles. The fourth-order valence-electron chi connectivity index (χ4n) is 0.847. The van der Waals surface area contributed by atoms with E-state index in [1.807, 2.05) is 11.3 Å². The van der Waals surface area contributed by atoms with Crippen LogP contribution in [0.15, 0.2) is 29.7 Å². The molecule has 1 heteroatoms. The van der Waals surface area contributed by atoms with Gasteiger partial charge in [-0.05, 0) is 31.2 Å². The highest BCUT2D eigenvalue weighted by molar-refractivity contribution is 7.09. The molecule has 10 heavy (non-hydrogen) atoms. The van der Waals surface area contributed by atoms with Crippen LogP contribution in [0.1, 0.15) is 18.2 Å². The van der Waals surface area contributed by atoms with Crippen molar-refractivity contribution in [2.45, 2.75) is 19.8 Å². The molecule has 0 bridgehead atoms. The lowest BCUT2D eigenvalue weighted by atomic mass is 10.2. The van der Waals surface area contributed by atoms with Crippen molar-refractivity contribution in [2.24, 2.45) is 0 Å². The Morgan fingerprint density at radius 3 is 3.10 bits per heavy atom. The molecule has 0 nitrogen and oxygen atoms in total. The van der Waals surface area contributed by atoms with Gasteiger partial charge in [0.15, 0.2) is 0 Å². The topological polar surface area (TPSA) is 0 Å². The molecular formula is C9H12S. The lowest BCUT2D eigenvalue weighted by Gasteiger charge is -1.88. The van der Waals surface area contributed by atoms with E-state index in [4.69, 9.17) is 0 Å². The van der Waals surface area contributed by atoms with E-state index in [0.29, 0.717) is 0 Å². The zero-order chi connectivity index (χ0) is 7.23. The molecule has 0 amide bonds. The van der Waals surface area contributed by atoms with Crippen LogP contribution in [0.2, 0.25) is 0 Å². The number of allylic oxidation sites excluding steroid dienone is 2. The lowest BCUT2D eigenvalue weighted by Crippen LogP contribution is -1.74. The van der Waals surface area contributed by atoms with Gasteiger partial charge in [0.2, 0.25) is 0 Å². The van der Waals surface area contributed by atoms with Crippen LogP contribution in [-0.2, 0) is 6.42 Å². The molecule has 54 valence electrons. The number of rotatable bonds is 3.